The molecule has 0 fully saturated rings. The Morgan fingerprint density at radius 2 is 1.59 bits per heavy atom. The van der Waals surface area contributed by atoms with E-state index in [9.17, 15) is 4.79 Å². The van der Waals surface area contributed by atoms with Crippen LogP contribution in [0.3, 0.4) is 0 Å². The molecule has 2 heteroatoms. The first-order chi connectivity index (χ1) is 8.20. The van der Waals surface area contributed by atoms with Gasteiger partial charge in [0, 0.05) is 17.2 Å². The average molecular weight is 225 g/mol. The number of hydrogen-bond donors (Lipinski definition) is 1. The monoisotopic (exact) mass is 225 g/mol. The fraction of sp³-hybridized carbons (Fsp3) is 0.133. The van der Waals surface area contributed by atoms with Gasteiger partial charge < -0.3 is 5.73 Å². The Bertz CT molecular complexity index is 517. The van der Waals surface area contributed by atoms with Crippen molar-refractivity contribution in [2.24, 2.45) is 5.73 Å². The van der Waals surface area contributed by atoms with Gasteiger partial charge in [0.25, 0.3) is 0 Å². The topological polar surface area (TPSA) is 43.1 Å². The summed E-state index contributed by atoms with van der Waals surface area (Å²) in [5.74, 6) is 0.0264. The lowest BCUT2D eigenvalue weighted by molar-refractivity contribution is 0.103. The molecule has 17 heavy (non-hydrogen) atoms. The van der Waals surface area contributed by atoms with Crippen LogP contribution in [0.5, 0.6) is 0 Å². The van der Waals surface area contributed by atoms with Gasteiger partial charge in [0.05, 0.1) is 0 Å². The Hall–Kier alpha value is -1.93. The molecule has 2 N–H and O–H groups in total. The van der Waals surface area contributed by atoms with Crippen molar-refractivity contribution in [1.29, 1.82) is 0 Å². The molecule has 0 radical (unpaired) electrons. The maximum Gasteiger partial charge on any atom is 0.193 e. The molecule has 0 bridgehead atoms. The van der Waals surface area contributed by atoms with Gasteiger partial charge in [0.15, 0.2) is 5.78 Å². The number of rotatable bonds is 3. The van der Waals surface area contributed by atoms with Crippen LogP contribution >= 0.6 is 0 Å². The average Bonchev–Trinajstić information content (AvgIpc) is 2.39. The van der Waals surface area contributed by atoms with E-state index < -0.39 is 0 Å². The smallest absolute Gasteiger partial charge is 0.193 e. The molecule has 0 saturated carbocycles. The second-order valence-corrected chi connectivity index (χ2v) is 4.07. The van der Waals surface area contributed by atoms with Gasteiger partial charge in [-0.05, 0) is 12.5 Å². The van der Waals surface area contributed by atoms with E-state index in [1.165, 1.54) is 0 Å². The SMILES string of the molecule is CC(N)c1ccccc1C(=O)c1ccccc1. The van der Waals surface area contributed by atoms with Crippen LogP contribution in [0.4, 0.5) is 0 Å². The summed E-state index contributed by atoms with van der Waals surface area (Å²) < 4.78 is 0. The van der Waals surface area contributed by atoms with Crippen LogP contribution in [-0.4, -0.2) is 5.78 Å². The molecule has 2 rings (SSSR count). The predicted molar refractivity (Wildman–Crippen MR) is 68.9 cm³/mol. The number of nitrogens with two attached hydrogens (primary N) is 1. The first-order valence-corrected chi connectivity index (χ1v) is 5.64. The van der Waals surface area contributed by atoms with Crippen molar-refractivity contribution in [2.75, 3.05) is 0 Å². The fourth-order valence-corrected chi connectivity index (χ4v) is 1.85. The largest absolute Gasteiger partial charge is 0.324 e. The zero-order chi connectivity index (χ0) is 12.3. The van der Waals surface area contributed by atoms with Crippen molar-refractivity contribution in [3.63, 3.8) is 0 Å². The molecule has 0 aliphatic heterocycles. The lowest BCUT2D eigenvalue weighted by atomic mass is 9.95. The highest BCUT2D eigenvalue weighted by molar-refractivity contribution is 6.09. The number of ketones is 1. The van der Waals surface area contributed by atoms with Gasteiger partial charge in [-0.1, -0.05) is 54.6 Å². The van der Waals surface area contributed by atoms with Crippen LogP contribution in [0.2, 0.25) is 0 Å². The van der Waals surface area contributed by atoms with Crippen LogP contribution in [0, 0.1) is 0 Å². The van der Waals surface area contributed by atoms with Crippen LogP contribution in [0.25, 0.3) is 0 Å². The summed E-state index contributed by atoms with van der Waals surface area (Å²) >= 11 is 0. The van der Waals surface area contributed by atoms with E-state index in [2.05, 4.69) is 0 Å². The summed E-state index contributed by atoms with van der Waals surface area (Å²) in [6.45, 7) is 1.89. The molecule has 0 aromatic heterocycles. The van der Waals surface area contributed by atoms with Gasteiger partial charge in [-0.2, -0.15) is 0 Å². The Balaban J connectivity index is 2.45. The molecule has 0 aliphatic carbocycles. The summed E-state index contributed by atoms with van der Waals surface area (Å²) in [7, 11) is 0. The summed E-state index contributed by atoms with van der Waals surface area (Å²) in [5, 5.41) is 0. The molecular formula is C15H15NO. The molecule has 0 saturated heterocycles. The zero-order valence-electron chi connectivity index (χ0n) is 9.76. The van der Waals surface area contributed by atoms with E-state index in [4.69, 9.17) is 5.73 Å². The third-order valence-electron chi connectivity index (χ3n) is 2.73. The first-order valence-electron chi connectivity index (χ1n) is 5.64. The molecule has 1 atom stereocenters. The molecule has 0 aliphatic rings. The highest BCUT2D eigenvalue weighted by atomic mass is 16.1. The second-order valence-electron chi connectivity index (χ2n) is 4.07. The number of carbonyl (C=O) groups excluding carboxylic acids is 1. The van der Waals surface area contributed by atoms with Gasteiger partial charge in [0.1, 0.15) is 0 Å². The molecule has 2 aromatic carbocycles. The Kier molecular flexibility index (Phi) is 3.35. The first kappa shape index (κ1) is 11.6. The fourth-order valence-electron chi connectivity index (χ4n) is 1.85. The molecule has 0 spiro atoms. The standard InChI is InChI=1S/C15H15NO/c1-11(16)13-9-5-6-10-14(13)15(17)12-7-3-2-4-8-12/h2-11H,16H2,1H3. The number of benzene rings is 2. The quantitative estimate of drug-likeness (QED) is 0.816. The summed E-state index contributed by atoms with van der Waals surface area (Å²) in [5.41, 5.74) is 8.15. The van der Waals surface area contributed by atoms with Gasteiger partial charge in [-0.25, -0.2) is 0 Å². The van der Waals surface area contributed by atoms with Crippen molar-refractivity contribution in [3.05, 3.63) is 71.3 Å². The van der Waals surface area contributed by atoms with E-state index >= 15 is 0 Å². The van der Waals surface area contributed by atoms with E-state index in [0.29, 0.717) is 11.1 Å². The van der Waals surface area contributed by atoms with E-state index in [1.807, 2.05) is 61.5 Å². The van der Waals surface area contributed by atoms with E-state index in [1.54, 1.807) is 0 Å². The number of hydrogen-bond acceptors (Lipinski definition) is 2. The van der Waals surface area contributed by atoms with Crippen LogP contribution in [0.1, 0.15) is 34.5 Å². The van der Waals surface area contributed by atoms with Crippen LogP contribution in [-0.2, 0) is 0 Å². The molecule has 86 valence electrons. The maximum absolute atomic E-state index is 12.3. The Labute approximate surface area is 101 Å². The summed E-state index contributed by atoms with van der Waals surface area (Å²) in [6.07, 6.45) is 0. The maximum atomic E-state index is 12.3. The van der Waals surface area contributed by atoms with Crippen molar-refractivity contribution in [3.8, 4) is 0 Å². The molecule has 0 amide bonds. The van der Waals surface area contributed by atoms with Crippen LogP contribution < -0.4 is 5.73 Å². The van der Waals surface area contributed by atoms with E-state index in [0.717, 1.165) is 5.56 Å². The minimum Gasteiger partial charge on any atom is -0.324 e. The van der Waals surface area contributed by atoms with E-state index in [-0.39, 0.29) is 11.8 Å². The molecule has 0 heterocycles. The van der Waals surface area contributed by atoms with Gasteiger partial charge in [-0.15, -0.1) is 0 Å². The van der Waals surface area contributed by atoms with Crippen LogP contribution in [0.15, 0.2) is 54.6 Å². The van der Waals surface area contributed by atoms with Gasteiger partial charge in [0.2, 0.25) is 0 Å². The summed E-state index contributed by atoms with van der Waals surface area (Å²) in [4.78, 5) is 12.3. The zero-order valence-corrected chi connectivity index (χ0v) is 9.76. The molecule has 2 nitrogen and oxygen atoms in total. The minimum atomic E-state index is -0.140. The third-order valence-corrected chi connectivity index (χ3v) is 2.73. The van der Waals surface area contributed by atoms with Gasteiger partial charge >= 0.3 is 0 Å². The normalized spacial score (nSPS) is 12.1. The van der Waals surface area contributed by atoms with Crippen molar-refractivity contribution in [2.45, 2.75) is 13.0 Å². The Morgan fingerprint density at radius 3 is 2.24 bits per heavy atom. The highest BCUT2D eigenvalue weighted by Gasteiger charge is 2.14. The minimum absolute atomic E-state index is 0.0264. The molecule has 2 aromatic rings. The molecule has 1 unspecified atom stereocenters. The lowest BCUT2D eigenvalue weighted by Crippen LogP contribution is -2.12. The predicted octanol–water partition coefficient (Wildman–Crippen LogP) is 2.94. The van der Waals surface area contributed by atoms with Crippen molar-refractivity contribution >= 4 is 5.78 Å². The number of carbonyl (C=O) groups is 1. The third kappa shape index (κ3) is 2.43. The molecular weight excluding hydrogens is 210 g/mol. The highest BCUT2D eigenvalue weighted by Crippen LogP contribution is 2.19. The summed E-state index contributed by atoms with van der Waals surface area (Å²) in [6, 6.07) is 16.6. The Morgan fingerprint density at radius 1 is 1.00 bits per heavy atom. The van der Waals surface area contributed by atoms with Crippen molar-refractivity contribution < 1.29 is 4.79 Å². The lowest BCUT2D eigenvalue weighted by Gasteiger charge is -2.11. The second kappa shape index (κ2) is 4.93. The van der Waals surface area contributed by atoms with Crippen molar-refractivity contribution in [1.82, 2.24) is 0 Å². The van der Waals surface area contributed by atoms with Gasteiger partial charge in [-0.3, -0.25) is 4.79 Å².